The molecule has 0 amide bonds. The maximum absolute atomic E-state index is 6.61. The first-order valence-electron chi connectivity index (χ1n) is 21.2. The summed E-state index contributed by atoms with van der Waals surface area (Å²) in [6.07, 6.45) is -0.275. The number of hydrogen-bond donors (Lipinski definition) is 1. The Labute approximate surface area is 361 Å². The van der Waals surface area contributed by atoms with E-state index >= 15 is 0 Å². The number of furan rings is 2. The van der Waals surface area contributed by atoms with E-state index in [1.54, 1.807) is 0 Å². The fourth-order valence-electron chi connectivity index (χ4n) is 9.37. The number of nitrogens with one attached hydrogen (secondary N) is 1. The SMILES string of the molecule is c1ccc(C2=NC(c3ccccc3)NC(c3ccc4c(c3)oc3cc(-c5ccc6c(c5)oc5ccc(-n7c8ccccc8c8ccc(-c9ccccc9)cc87)cc56)ccc34)=N2)cc1. The highest BCUT2D eigenvalue weighted by molar-refractivity contribution is 6.15. The lowest BCUT2D eigenvalue weighted by Gasteiger charge is -2.23. The summed E-state index contributed by atoms with van der Waals surface area (Å²) < 4.78 is 15.5. The molecule has 4 heterocycles. The van der Waals surface area contributed by atoms with Crippen molar-refractivity contribution in [2.24, 2.45) is 9.98 Å². The van der Waals surface area contributed by atoms with E-state index in [0.717, 1.165) is 83.2 Å². The van der Waals surface area contributed by atoms with Crippen LogP contribution in [-0.2, 0) is 0 Å². The largest absolute Gasteiger partial charge is 0.456 e. The minimum atomic E-state index is -0.275. The van der Waals surface area contributed by atoms with E-state index in [1.165, 1.54) is 32.9 Å². The van der Waals surface area contributed by atoms with Crippen molar-refractivity contribution >= 4 is 77.4 Å². The topological polar surface area (TPSA) is 68.0 Å². The zero-order valence-electron chi connectivity index (χ0n) is 33.9. The average Bonchev–Trinajstić information content (AvgIpc) is 4.02. The Morgan fingerprint density at radius 1 is 0.381 bits per heavy atom. The molecule has 0 spiro atoms. The fraction of sp³-hybridized carbons (Fsp3) is 0.0175. The van der Waals surface area contributed by atoms with Gasteiger partial charge in [0.15, 0.2) is 5.84 Å². The minimum absolute atomic E-state index is 0.275. The average molecular weight is 809 g/mol. The standard InChI is InChI=1S/C57H36N4O2/c1-4-12-35(13-5-1)38-20-25-44-43-18-10-11-19-49(43)61(50(44)30-38)42-24-29-51-48(34-42)47-27-22-40(32-53(47)62-51)39-21-26-45-46-28-23-41(33-54(46)63-52(45)31-39)57-59-55(36-14-6-2-7-15-36)58-56(60-57)37-16-8-3-9-17-37/h1-34,55H,(H,58,59,60). The summed E-state index contributed by atoms with van der Waals surface area (Å²) in [5.74, 6) is 1.44. The number of hydrogen-bond acceptors (Lipinski definition) is 5. The smallest absolute Gasteiger partial charge is 0.159 e. The molecule has 0 bridgehead atoms. The van der Waals surface area contributed by atoms with Crippen LogP contribution >= 0.6 is 0 Å². The van der Waals surface area contributed by atoms with E-state index in [4.69, 9.17) is 18.8 Å². The lowest BCUT2D eigenvalue weighted by molar-refractivity contribution is 0.666. The highest BCUT2D eigenvalue weighted by Gasteiger charge is 2.22. The number of amidine groups is 2. The zero-order valence-corrected chi connectivity index (χ0v) is 33.9. The van der Waals surface area contributed by atoms with E-state index in [9.17, 15) is 0 Å². The van der Waals surface area contributed by atoms with Crippen LogP contribution in [0.4, 0.5) is 0 Å². The molecule has 0 fully saturated rings. The van der Waals surface area contributed by atoms with Gasteiger partial charge in [-0.25, -0.2) is 9.98 Å². The van der Waals surface area contributed by atoms with Gasteiger partial charge < -0.3 is 18.7 Å². The van der Waals surface area contributed by atoms with Gasteiger partial charge in [-0.15, -0.1) is 0 Å². The van der Waals surface area contributed by atoms with Crippen LogP contribution in [0, 0.1) is 0 Å². The van der Waals surface area contributed by atoms with Gasteiger partial charge in [0, 0.05) is 49.1 Å². The first-order valence-corrected chi connectivity index (χ1v) is 21.2. The highest BCUT2D eigenvalue weighted by atomic mass is 16.3. The molecule has 3 aromatic heterocycles. The lowest BCUT2D eigenvalue weighted by atomic mass is 10.0. The van der Waals surface area contributed by atoms with Crippen LogP contribution in [0.3, 0.4) is 0 Å². The van der Waals surface area contributed by atoms with Crippen molar-refractivity contribution in [3.63, 3.8) is 0 Å². The Balaban J connectivity index is 0.854. The van der Waals surface area contributed by atoms with Crippen LogP contribution in [0.15, 0.2) is 225 Å². The van der Waals surface area contributed by atoms with Gasteiger partial charge >= 0.3 is 0 Å². The molecule has 0 aliphatic carbocycles. The molecule has 9 aromatic carbocycles. The lowest BCUT2D eigenvalue weighted by Crippen LogP contribution is -2.33. The normalized spacial score (nSPS) is 14.2. The Bertz CT molecular complexity index is 3820. The molecule has 1 aliphatic rings. The predicted molar refractivity (Wildman–Crippen MR) is 258 cm³/mol. The molecule has 0 radical (unpaired) electrons. The molecule has 296 valence electrons. The molecule has 1 aliphatic heterocycles. The predicted octanol–water partition coefficient (Wildman–Crippen LogP) is 14.4. The van der Waals surface area contributed by atoms with Gasteiger partial charge in [0.05, 0.1) is 11.0 Å². The Morgan fingerprint density at radius 3 is 1.63 bits per heavy atom. The summed E-state index contributed by atoms with van der Waals surface area (Å²) in [4.78, 5) is 10.0. The molecule has 1 N–H and O–H groups in total. The van der Waals surface area contributed by atoms with Gasteiger partial charge in [-0.2, -0.15) is 0 Å². The van der Waals surface area contributed by atoms with Gasteiger partial charge in [0.25, 0.3) is 0 Å². The summed E-state index contributed by atoms with van der Waals surface area (Å²) in [5.41, 5.74) is 14.2. The third kappa shape index (κ3) is 5.87. The zero-order chi connectivity index (χ0) is 41.4. The molecule has 6 heteroatoms. The molecule has 13 rings (SSSR count). The van der Waals surface area contributed by atoms with E-state index < -0.39 is 0 Å². The number of aliphatic imine (C=N–C) groups is 2. The minimum Gasteiger partial charge on any atom is -0.456 e. The summed E-state index contributed by atoms with van der Waals surface area (Å²) in [5, 5.41) is 10.3. The Morgan fingerprint density at radius 2 is 0.921 bits per heavy atom. The molecule has 1 unspecified atom stereocenters. The number of fused-ring (bicyclic) bond motifs is 9. The third-order valence-corrected chi connectivity index (χ3v) is 12.5. The van der Waals surface area contributed by atoms with Crippen LogP contribution in [0.1, 0.15) is 22.9 Å². The maximum atomic E-state index is 6.61. The maximum Gasteiger partial charge on any atom is 0.159 e. The summed E-state index contributed by atoms with van der Waals surface area (Å²) in [6.45, 7) is 0. The molecule has 1 atom stereocenters. The van der Waals surface area contributed by atoms with E-state index in [1.807, 2.05) is 48.5 Å². The van der Waals surface area contributed by atoms with Gasteiger partial charge in [-0.3, -0.25) is 0 Å². The van der Waals surface area contributed by atoms with Crippen molar-refractivity contribution in [1.82, 2.24) is 9.88 Å². The van der Waals surface area contributed by atoms with E-state index in [-0.39, 0.29) is 6.17 Å². The van der Waals surface area contributed by atoms with Crippen molar-refractivity contribution in [2.75, 3.05) is 0 Å². The Kier molecular flexibility index (Phi) is 7.87. The summed E-state index contributed by atoms with van der Waals surface area (Å²) in [6, 6.07) is 72.2. The monoisotopic (exact) mass is 808 g/mol. The quantitative estimate of drug-likeness (QED) is 0.182. The number of benzene rings is 9. The van der Waals surface area contributed by atoms with E-state index in [2.05, 4.69) is 168 Å². The fourth-order valence-corrected chi connectivity index (χ4v) is 9.37. The van der Waals surface area contributed by atoms with Crippen LogP contribution in [0.5, 0.6) is 0 Å². The molecular weight excluding hydrogens is 773 g/mol. The Hall–Kier alpha value is -8.48. The van der Waals surface area contributed by atoms with Crippen molar-refractivity contribution < 1.29 is 8.83 Å². The molecule has 6 nitrogen and oxygen atoms in total. The van der Waals surface area contributed by atoms with E-state index in [0.29, 0.717) is 5.84 Å². The second kappa shape index (κ2) is 14.0. The van der Waals surface area contributed by atoms with Crippen molar-refractivity contribution in [3.8, 4) is 27.9 Å². The highest BCUT2D eigenvalue weighted by Crippen LogP contribution is 2.39. The van der Waals surface area contributed by atoms with Crippen molar-refractivity contribution in [2.45, 2.75) is 6.17 Å². The van der Waals surface area contributed by atoms with Crippen molar-refractivity contribution in [1.29, 1.82) is 0 Å². The van der Waals surface area contributed by atoms with Crippen LogP contribution in [-0.4, -0.2) is 16.2 Å². The molecule has 0 saturated carbocycles. The molecule has 0 saturated heterocycles. The molecule has 63 heavy (non-hydrogen) atoms. The van der Waals surface area contributed by atoms with Gasteiger partial charge in [0.2, 0.25) is 0 Å². The van der Waals surface area contributed by atoms with Crippen LogP contribution < -0.4 is 5.32 Å². The van der Waals surface area contributed by atoms with Gasteiger partial charge in [0.1, 0.15) is 34.3 Å². The molecule has 12 aromatic rings. The first kappa shape index (κ1) is 35.3. The second-order valence-corrected chi connectivity index (χ2v) is 16.2. The van der Waals surface area contributed by atoms with Gasteiger partial charge in [-0.1, -0.05) is 140 Å². The van der Waals surface area contributed by atoms with Crippen LogP contribution in [0.2, 0.25) is 0 Å². The number of para-hydroxylation sites is 1. The first-order chi connectivity index (χ1) is 31.2. The molecular formula is C57H36N4O2. The third-order valence-electron chi connectivity index (χ3n) is 12.5. The van der Waals surface area contributed by atoms with Crippen LogP contribution in [0.25, 0.3) is 93.6 Å². The van der Waals surface area contributed by atoms with Crippen molar-refractivity contribution in [3.05, 3.63) is 223 Å². The summed E-state index contributed by atoms with van der Waals surface area (Å²) >= 11 is 0. The number of rotatable bonds is 6. The summed E-state index contributed by atoms with van der Waals surface area (Å²) in [7, 11) is 0. The van der Waals surface area contributed by atoms with Gasteiger partial charge in [-0.05, 0) is 94.5 Å². The number of nitrogens with zero attached hydrogens (tertiary/aromatic N) is 3. The number of aromatic nitrogens is 1. The second-order valence-electron chi connectivity index (χ2n) is 16.2.